The second kappa shape index (κ2) is 6.76. The van der Waals surface area contributed by atoms with E-state index < -0.39 is 5.97 Å². The van der Waals surface area contributed by atoms with Crippen LogP contribution in [-0.4, -0.2) is 26.0 Å². The van der Waals surface area contributed by atoms with Crippen molar-refractivity contribution < 1.29 is 9.90 Å². The van der Waals surface area contributed by atoms with E-state index in [-0.39, 0.29) is 6.42 Å². The molecule has 7 heteroatoms. The van der Waals surface area contributed by atoms with Gasteiger partial charge in [-0.05, 0) is 19.9 Å². The molecule has 24 heavy (non-hydrogen) atoms. The maximum atomic E-state index is 11.1. The molecular weight excluding hydrogens is 324 g/mol. The zero-order valence-electron chi connectivity index (χ0n) is 13.3. The summed E-state index contributed by atoms with van der Waals surface area (Å²) in [5.41, 5.74) is 3.28. The molecule has 3 aromatic rings. The summed E-state index contributed by atoms with van der Waals surface area (Å²) in [7, 11) is 0. The van der Waals surface area contributed by atoms with Gasteiger partial charge in [0, 0.05) is 21.8 Å². The summed E-state index contributed by atoms with van der Waals surface area (Å²) in [6.07, 6.45) is -0.0721. The maximum absolute atomic E-state index is 11.1. The number of thiazole rings is 1. The highest BCUT2D eigenvalue weighted by atomic mass is 32.1. The minimum atomic E-state index is -0.884. The third-order valence-electron chi connectivity index (χ3n) is 3.26. The number of aliphatic carboxylic acids is 1. The van der Waals surface area contributed by atoms with E-state index in [1.165, 1.54) is 11.3 Å². The van der Waals surface area contributed by atoms with Crippen LogP contribution in [-0.2, 0) is 11.2 Å². The van der Waals surface area contributed by atoms with Crippen LogP contribution in [0.15, 0.2) is 36.4 Å². The molecule has 0 spiro atoms. The number of hydrogen-bond donors (Lipinski definition) is 2. The molecule has 122 valence electrons. The Hall–Kier alpha value is -2.80. The van der Waals surface area contributed by atoms with Gasteiger partial charge in [-0.3, -0.25) is 4.79 Å². The van der Waals surface area contributed by atoms with Crippen molar-refractivity contribution in [3.8, 4) is 11.3 Å². The summed E-state index contributed by atoms with van der Waals surface area (Å²) < 4.78 is 0. The van der Waals surface area contributed by atoms with E-state index in [0.717, 1.165) is 17.0 Å². The molecule has 1 aromatic carbocycles. The first-order chi connectivity index (χ1) is 11.5. The van der Waals surface area contributed by atoms with Crippen LogP contribution < -0.4 is 5.32 Å². The van der Waals surface area contributed by atoms with E-state index in [1.54, 1.807) is 0 Å². The molecule has 6 nitrogen and oxygen atoms in total. The van der Waals surface area contributed by atoms with Crippen molar-refractivity contribution in [2.45, 2.75) is 20.3 Å². The molecule has 0 aliphatic heterocycles. The Morgan fingerprint density at radius 3 is 2.42 bits per heavy atom. The highest BCUT2D eigenvalue weighted by Crippen LogP contribution is 2.32. The lowest BCUT2D eigenvalue weighted by molar-refractivity contribution is -0.136. The number of nitrogens with zero attached hydrogens (tertiary/aromatic N) is 3. The molecule has 0 aliphatic carbocycles. The monoisotopic (exact) mass is 340 g/mol. The van der Waals surface area contributed by atoms with Gasteiger partial charge in [0.15, 0.2) is 5.13 Å². The Labute approximate surface area is 143 Å². The number of anilines is 2. The van der Waals surface area contributed by atoms with Crippen molar-refractivity contribution in [1.29, 1.82) is 0 Å². The van der Waals surface area contributed by atoms with Gasteiger partial charge in [0.25, 0.3) is 0 Å². The standard InChI is InChI=1S/C17H16N4O2S/c1-10-8-11(2)19-16(18-10)21-17-20-15(12-6-4-3-5-7-12)13(24-17)9-14(22)23/h3-8H,9H2,1-2H3,(H,22,23)(H,18,19,20,21). The molecule has 2 N–H and O–H groups in total. The van der Waals surface area contributed by atoms with E-state index in [1.807, 2.05) is 50.2 Å². The van der Waals surface area contributed by atoms with Gasteiger partial charge in [-0.25, -0.2) is 15.0 Å². The molecule has 0 atom stereocenters. The van der Waals surface area contributed by atoms with E-state index in [4.69, 9.17) is 5.11 Å². The first-order valence-corrected chi connectivity index (χ1v) is 8.19. The fourth-order valence-electron chi connectivity index (χ4n) is 2.36. The van der Waals surface area contributed by atoms with Crippen LogP contribution in [0.4, 0.5) is 11.1 Å². The van der Waals surface area contributed by atoms with Crippen molar-refractivity contribution in [3.63, 3.8) is 0 Å². The van der Waals surface area contributed by atoms with E-state index in [0.29, 0.717) is 21.7 Å². The van der Waals surface area contributed by atoms with Gasteiger partial charge in [-0.1, -0.05) is 30.3 Å². The summed E-state index contributed by atoms with van der Waals surface area (Å²) in [6, 6.07) is 11.4. The molecule has 0 amide bonds. The molecule has 0 unspecified atom stereocenters. The summed E-state index contributed by atoms with van der Waals surface area (Å²) >= 11 is 1.31. The number of nitrogens with one attached hydrogen (secondary N) is 1. The molecule has 3 rings (SSSR count). The summed E-state index contributed by atoms with van der Waals surface area (Å²) in [4.78, 5) is 25.1. The highest BCUT2D eigenvalue weighted by Gasteiger charge is 2.16. The predicted molar refractivity (Wildman–Crippen MR) is 93.7 cm³/mol. The molecule has 2 aromatic heterocycles. The number of carboxylic acids is 1. The summed E-state index contributed by atoms with van der Waals surface area (Å²) in [5, 5.41) is 12.8. The third-order valence-corrected chi connectivity index (χ3v) is 4.23. The quantitative estimate of drug-likeness (QED) is 0.738. The Morgan fingerprint density at radius 1 is 1.12 bits per heavy atom. The van der Waals surface area contributed by atoms with Gasteiger partial charge in [0.05, 0.1) is 12.1 Å². The molecule has 0 fully saturated rings. The van der Waals surface area contributed by atoms with Crippen molar-refractivity contribution in [2.24, 2.45) is 0 Å². The van der Waals surface area contributed by atoms with E-state index in [9.17, 15) is 4.79 Å². The smallest absolute Gasteiger partial charge is 0.308 e. The summed E-state index contributed by atoms with van der Waals surface area (Å²) in [5.74, 6) is -0.423. The number of benzene rings is 1. The van der Waals surface area contributed by atoms with Crippen LogP contribution >= 0.6 is 11.3 Å². The Bertz CT molecular complexity index is 857. The Balaban J connectivity index is 1.97. The van der Waals surface area contributed by atoms with Crippen molar-refractivity contribution in [2.75, 3.05) is 5.32 Å². The average Bonchev–Trinajstić information content (AvgIpc) is 2.88. The van der Waals surface area contributed by atoms with Gasteiger partial charge >= 0.3 is 5.97 Å². The van der Waals surface area contributed by atoms with Gasteiger partial charge < -0.3 is 10.4 Å². The number of rotatable bonds is 5. The fraction of sp³-hybridized carbons (Fsp3) is 0.176. The normalized spacial score (nSPS) is 10.6. The van der Waals surface area contributed by atoms with Crippen LogP contribution in [0.25, 0.3) is 11.3 Å². The van der Waals surface area contributed by atoms with Crippen LogP contribution in [0.1, 0.15) is 16.3 Å². The maximum Gasteiger partial charge on any atom is 0.308 e. The number of carboxylic acid groups (broad SMARTS) is 1. The van der Waals surface area contributed by atoms with Crippen LogP contribution in [0.5, 0.6) is 0 Å². The van der Waals surface area contributed by atoms with Gasteiger partial charge in [0.2, 0.25) is 5.95 Å². The molecule has 2 heterocycles. The average molecular weight is 340 g/mol. The lowest BCUT2D eigenvalue weighted by atomic mass is 10.1. The summed E-state index contributed by atoms with van der Waals surface area (Å²) in [6.45, 7) is 3.79. The zero-order chi connectivity index (χ0) is 17.1. The second-order valence-electron chi connectivity index (χ2n) is 5.33. The van der Waals surface area contributed by atoms with Crippen LogP contribution in [0.3, 0.4) is 0 Å². The van der Waals surface area contributed by atoms with Crippen molar-refractivity contribution in [1.82, 2.24) is 15.0 Å². The van der Waals surface area contributed by atoms with E-state index in [2.05, 4.69) is 20.3 Å². The van der Waals surface area contributed by atoms with Crippen molar-refractivity contribution >= 4 is 28.4 Å². The molecular formula is C17H16N4O2S. The topological polar surface area (TPSA) is 88.0 Å². The predicted octanol–water partition coefficient (Wildman–Crippen LogP) is 3.59. The Kier molecular flexibility index (Phi) is 4.52. The third kappa shape index (κ3) is 3.75. The molecule has 0 saturated heterocycles. The SMILES string of the molecule is Cc1cc(C)nc(Nc2nc(-c3ccccc3)c(CC(=O)O)s2)n1. The lowest BCUT2D eigenvalue weighted by Crippen LogP contribution is -1.99. The second-order valence-corrected chi connectivity index (χ2v) is 6.41. The molecule has 0 aliphatic rings. The molecule has 0 bridgehead atoms. The van der Waals surface area contributed by atoms with Gasteiger partial charge in [0.1, 0.15) is 0 Å². The largest absolute Gasteiger partial charge is 0.481 e. The van der Waals surface area contributed by atoms with Crippen molar-refractivity contribution in [3.05, 3.63) is 52.7 Å². The first kappa shape index (κ1) is 16.1. The lowest BCUT2D eigenvalue weighted by Gasteiger charge is -2.03. The highest BCUT2D eigenvalue weighted by molar-refractivity contribution is 7.16. The number of aromatic nitrogens is 3. The minimum absolute atomic E-state index is 0.0721. The fourth-order valence-corrected chi connectivity index (χ4v) is 3.33. The minimum Gasteiger partial charge on any atom is -0.481 e. The van der Waals surface area contributed by atoms with Gasteiger partial charge in [-0.2, -0.15) is 0 Å². The molecule has 0 saturated carbocycles. The Morgan fingerprint density at radius 2 is 1.79 bits per heavy atom. The van der Waals surface area contributed by atoms with Crippen LogP contribution in [0.2, 0.25) is 0 Å². The van der Waals surface area contributed by atoms with Crippen LogP contribution in [0, 0.1) is 13.8 Å². The first-order valence-electron chi connectivity index (χ1n) is 7.37. The zero-order valence-corrected chi connectivity index (χ0v) is 14.1. The molecule has 0 radical (unpaired) electrons. The number of carbonyl (C=O) groups is 1. The number of hydrogen-bond acceptors (Lipinski definition) is 6. The van der Waals surface area contributed by atoms with Gasteiger partial charge in [-0.15, -0.1) is 11.3 Å². The number of aryl methyl sites for hydroxylation is 2. The van der Waals surface area contributed by atoms with E-state index >= 15 is 0 Å².